The molecule has 2 rings (SSSR count). The minimum absolute atomic E-state index is 0.0000293. The van der Waals surface area contributed by atoms with Crippen LogP contribution in [0.5, 0.6) is 5.75 Å². The molecular weight excluding hydrogens is 300 g/mol. The fraction of sp³-hybridized carbons (Fsp3) is 0.167. The third-order valence-electron chi connectivity index (χ3n) is 2.65. The molecule has 110 valence electrons. The highest BCUT2D eigenvalue weighted by Gasteiger charge is 2.33. The standard InChI is InChI=1S/C12H10N2O6S/c15-5-1-2-7(6(3-5)11(18)19)13-9(16)4-8-10(17)14-12(20)21-8/h1-3,8,15H,4H2,(H,13,16)(H,18,19)(H,14,17,20). The number of carbonyl (C=O) groups is 4. The summed E-state index contributed by atoms with van der Waals surface area (Å²) in [5, 5.41) is 21.3. The molecule has 0 aliphatic carbocycles. The van der Waals surface area contributed by atoms with Crippen LogP contribution in [0.3, 0.4) is 0 Å². The lowest BCUT2D eigenvalue weighted by molar-refractivity contribution is -0.122. The molecule has 0 radical (unpaired) electrons. The normalized spacial score (nSPS) is 17.4. The molecule has 4 N–H and O–H groups in total. The number of hydrogen-bond acceptors (Lipinski definition) is 6. The van der Waals surface area contributed by atoms with Gasteiger partial charge in [0.2, 0.25) is 11.8 Å². The van der Waals surface area contributed by atoms with Crippen LogP contribution >= 0.6 is 11.8 Å². The lowest BCUT2D eigenvalue weighted by Crippen LogP contribution is -2.28. The summed E-state index contributed by atoms with van der Waals surface area (Å²) in [6.07, 6.45) is -0.262. The van der Waals surface area contributed by atoms with Crippen LogP contribution in [0.2, 0.25) is 0 Å². The number of phenolic OH excluding ortho intramolecular Hbond substituents is 1. The Morgan fingerprint density at radius 2 is 2.05 bits per heavy atom. The number of aromatic carboxylic acids is 1. The van der Waals surface area contributed by atoms with Gasteiger partial charge in [0.25, 0.3) is 5.24 Å². The predicted octanol–water partition coefficient (Wildman–Crippen LogP) is 0.771. The summed E-state index contributed by atoms with van der Waals surface area (Å²) in [6, 6.07) is 3.46. The minimum Gasteiger partial charge on any atom is -0.508 e. The Kier molecular flexibility index (Phi) is 4.13. The summed E-state index contributed by atoms with van der Waals surface area (Å²) in [4.78, 5) is 45.1. The molecule has 1 aliphatic rings. The molecule has 0 aromatic heterocycles. The van der Waals surface area contributed by atoms with Crippen molar-refractivity contribution in [3.05, 3.63) is 23.8 Å². The first-order chi connectivity index (χ1) is 9.86. The van der Waals surface area contributed by atoms with Gasteiger partial charge in [-0.25, -0.2) is 4.79 Å². The molecule has 3 amide bonds. The lowest BCUT2D eigenvalue weighted by Gasteiger charge is -2.10. The smallest absolute Gasteiger partial charge is 0.337 e. The third-order valence-corrected chi connectivity index (χ3v) is 3.63. The summed E-state index contributed by atoms with van der Waals surface area (Å²) in [6.45, 7) is 0. The van der Waals surface area contributed by atoms with E-state index in [0.29, 0.717) is 11.8 Å². The molecule has 9 heteroatoms. The Balaban J connectivity index is 2.08. The molecular formula is C12H10N2O6S. The SMILES string of the molecule is O=C(CC1SC(=O)NC1=O)Nc1ccc(O)cc1C(=O)O. The van der Waals surface area contributed by atoms with Crippen LogP contribution in [0.1, 0.15) is 16.8 Å². The monoisotopic (exact) mass is 310 g/mol. The zero-order chi connectivity index (χ0) is 15.6. The maximum atomic E-state index is 11.8. The fourth-order valence-corrected chi connectivity index (χ4v) is 2.53. The zero-order valence-electron chi connectivity index (χ0n) is 10.5. The number of aromatic hydroxyl groups is 1. The summed E-state index contributed by atoms with van der Waals surface area (Å²) >= 11 is 0.709. The molecule has 1 unspecified atom stereocenters. The second-order valence-electron chi connectivity index (χ2n) is 4.17. The van der Waals surface area contributed by atoms with E-state index in [9.17, 15) is 24.3 Å². The van der Waals surface area contributed by atoms with Crippen molar-refractivity contribution in [3.63, 3.8) is 0 Å². The van der Waals surface area contributed by atoms with Crippen LogP contribution in [0.4, 0.5) is 10.5 Å². The number of rotatable bonds is 4. The lowest BCUT2D eigenvalue weighted by atomic mass is 10.1. The van der Waals surface area contributed by atoms with Gasteiger partial charge in [0.15, 0.2) is 0 Å². The Morgan fingerprint density at radius 1 is 1.33 bits per heavy atom. The molecule has 1 saturated heterocycles. The maximum absolute atomic E-state index is 11.8. The number of carboxylic acid groups (broad SMARTS) is 1. The molecule has 1 aromatic rings. The highest BCUT2D eigenvalue weighted by molar-refractivity contribution is 8.15. The van der Waals surface area contributed by atoms with E-state index in [4.69, 9.17) is 5.11 Å². The van der Waals surface area contributed by atoms with Crippen LogP contribution in [0, 0.1) is 0 Å². The summed E-state index contributed by atoms with van der Waals surface area (Å²) in [5.41, 5.74) is -0.275. The molecule has 1 fully saturated rings. The second-order valence-corrected chi connectivity index (χ2v) is 5.35. The Morgan fingerprint density at radius 3 is 2.62 bits per heavy atom. The number of imide groups is 1. The number of thioether (sulfide) groups is 1. The number of amides is 3. The molecule has 8 nitrogen and oxygen atoms in total. The van der Waals surface area contributed by atoms with Crippen molar-refractivity contribution in [3.8, 4) is 5.75 Å². The Hall–Kier alpha value is -2.55. The first-order valence-electron chi connectivity index (χ1n) is 5.74. The van der Waals surface area contributed by atoms with Gasteiger partial charge in [-0.1, -0.05) is 11.8 Å². The molecule has 0 spiro atoms. The van der Waals surface area contributed by atoms with Gasteiger partial charge in [-0.15, -0.1) is 0 Å². The number of carbonyl (C=O) groups excluding carboxylic acids is 3. The number of carboxylic acids is 1. The molecule has 1 atom stereocenters. The van der Waals surface area contributed by atoms with Crippen LogP contribution < -0.4 is 10.6 Å². The molecule has 1 aromatic carbocycles. The second kappa shape index (κ2) is 5.83. The first-order valence-corrected chi connectivity index (χ1v) is 6.62. The van der Waals surface area contributed by atoms with Crippen molar-refractivity contribution in [1.29, 1.82) is 0 Å². The number of benzene rings is 1. The van der Waals surface area contributed by atoms with Crippen molar-refractivity contribution >= 4 is 40.5 Å². The van der Waals surface area contributed by atoms with Crippen molar-refractivity contribution in [1.82, 2.24) is 5.32 Å². The van der Waals surface area contributed by atoms with Gasteiger partial charge < -0.3 is 15.5 Å². The van der Waals surface area contributed by atoms with E-state index in [-0.39, 0.29) is 23.4 Å². The van der Waals surface area contributed by atoms with E-state index < -0.39 is 28.3 Å². The highest BCUT2D eigenvalue weighted by Crippen LogP contribution is 2.24. The maximum Gasteiger partial charge on any atom is 0.337 e. The summed E-state index contributed by atoms with van der Waals surface area (Å²) in [5.74, 6) is -2.72. The number of anilines is 1. The minimum atomic E-state index is -1.32. The van der Waals surface area contributed by atoms with Crippen molar-refractivity contribution in [2.24, 2.45) is 0 Å². The third kappa shape index (κ3) is 3.51. The van der Waals surface area contributed by atoms with Crippen LogP contribution in [0.25, 0.3) is 0 Å². The van der Waals surface area contributed by atoms with E-state index in [1.54, 1.807) is 0 Å². The largest absolute Gasteiger partial charge is 0.508 e. The zero-order valence-corrected chi connectivity index (χ0v) is 11.3. The van der Waals surface area contributed by atoms with Gasteiger partial charge in [0.05, 0.1) is 11.3 Å². The van der Waals surface area contributed by atoms with Gasteiger partial charge >= 0.3 is 5.97 Å². The van der Waals surface area contributed by atoms with E-state index in [1.807, 2.05) is 0 Å². The number of phenols is 1. The van der Waals surface area contributed by atoms with Crippen LogP contribution in [0.15, 0.2) is 18.2 Å². The van der Waals surface area contributed by atoms with Crippen molar-refractivity contribution in [2.75, 3.05) is 5.32 Å². The molecule has 0 saturated carbocycles. The van der Waals surface area contributed by atoms with E-state index in [0.717, 1.165) is 6.07 Å². The van der Waals surface area contributed by atoms with Gasteiger partial charge in [-0.3, -0.25) is 19.7 Å². The van der Waals surface area contributed by atoms with Gasteiger partial charge in [0, 0.05) is 6.42 Å². The number of nitrogens with one attached hydrogen (secondary N) is 2. The predicted molar refractivity (Wildman–Crippen MR) is 73.2 cm³/mol. The molecule has 1 aliphatic heterocycles. The topological polar surface area (TPSA) is 133 Å². The van der Waals surface area contributed by atoms with E-state index >= 15 is 0 Å². The molecule has 1 heterocycles. The van der Waals surface area contributed by atoms with Crippen LogP contribution in [-0.2, 0) is 9.59 Å². The highest BCUT2D eigenvalue weighted by atomic mass is 32.2. The van der Waals surface area contributed by atoms with Crippen molar-refractivity contribution < 1.29 is 29.4 Å². The van der Waals surface area contributed by atoms with E-state index in [1.165, 1.54) is 12.1 Å². The fourth-order valence-electron chi connectivity index (χ4n) is 1.72. The summed E-state index contributed by atoms with van der Waals surface area (Å²) < 4.78 is 0. The average Bonchev–Trinajstić information content (AvgIpc) is 2.69. The van der Waals surface area contributed by atoms with E-state index in [2.05, 4.69) is 10.6 Å². The van der Waals surface area contributed by atoms with Gasteiger partial charge in [-0.05, 0) is 18.2 Å². The molecule has 21 heavy (non-hydrogen) atoms. The van der Waals surface area contributed by atoms with Gasteiger partial charge in [0.1, 0.15) is 11.0 Å². The van der Waals surface area contributed by atoms with Crippen molar-refractivity contribution in [2.45, 2.75) is 11.7 Å². The Bertz CT molecular complexity index is 645. The average molecular weight is 310 g/mol. The Labute approximate surface area is 122 Å². The quantitative estimate of drug-likeness (QED) is 0.604. The first kappa shape index (κ1) is 14.9. The molecule has 0 bridgehead atoms. The van der Waals surface area contributed by atoms with Gasteiger partial charge in [-0.2, -0.15) is 0 Å². The summed E-state index contributed by atoms with van der Waals surface area (Å²) in [7, 11) is 0. The van der Waals surface area contributed by atoms with Crippen LogP contribution in [-0.4, -0.2) is 38.5 Å². The number of hydrogen-bond donors (Lipinski definition) is 4.